The van der Waals surface area contributed by atoms with E-state index in [2.05, 4.69) is 4.74 Å². The quantitative estimate of drug-likeness (QED) is 0.326. The molecule has 0 aliphatic rings. The Labute approximate surface area is 114 Å². The van der Waals surface area contributed by atoms with Crippen molar-refractivity contribution in [1.29, 1.82) is 0 Å². The molecule has 0 unspecified atom stereocenters. The number of halogens is 1. The topological polar surface area (TPSA) is 136 Å². The number of nitro benzene ring substituents is 1. The zero-order valence-corrected chi connectivity index (χ0v) is 10.7. The van der Waals surface area contributed by atoms with Crippen LogP contribution < -0.4 is 5.73 Å². The number of nitro groups is 1. The molecule has 0 aromatic heterocycles. The maximum absolute atomic E-state index is 11.0. The second-order valence-corrected chi connectivity index (χ2v) is 3.55. The van der Waals surface area contributed by atoms with Gasteiger partial charge in [-0.05, 0) is 11.6 Å². The van der Waals surface area contributed by atoms with Gasteiger partial charge in [-0.2, -0.15) is 0 Å². The van der Waals surface area contributed by atoms with E-state index in [1.165, 1.54) is 7.11 Å². The van der Waals surface area contributed by atoms with Gasteiger partial charge in [-0.1, -0.05) is 0 Å². The second kappa shape index (κ2) is 6.76. The van der Waals surface area contributed by atoms with E-state index in [9.17, 15) is 25.1 Å². The Morgan fingerprint density at radius 1 is 1.53 bits per heavy atom. The molecule has 106 valence electrons. The highest BCUT2D eigenvalue weighted by Crippen LogP contribution is 2.37. The number of carbonyl (C=O) groups excluding carboxylic acids is 1. The number of aromatic hydroxyl groups is 2. The van der Waals surface area contributed by atoms with Crippen LogP contribution in [-0.4, -0.2) is 28.2 Å². The average Bonchev–Trinajstić information content (AvgIpc) is 2.31. The maximum Gasteiger partial charge on any atom is 0.314 e. The first-order valence-corrected chi connectivity index (χ1v) is 4.89. The minimum atomic E-state index is -0.873. The van der Waals surface area contributed by atoms with Crippen molar-refractivity contribution < 1.29 is 24.7 Å². The molecule has 4 N–H and O–H groups in total. The summed E-state index contributed by atoms with van der Waals surface area (Å²) in [5.41, 5.74) is 5.12. The third-order valence-corrected chi connectivity index (χ3v) is 2.33. The first kappa shape index (κ1) is 16.9. The summed E-state index contributed by atoms with van der Waals surface area (Å²) in [6, 6.07) is 1.20. The van der Waals surface area contributed by atoms with Gasteiger partial charge in [0.25, 0.3) is 0 Å². The fourth-order valence-corrected chi connectivity index (χ4v) is 1.36. The molecule has 0 aliphatic heterocycles. The zero-order valence-electron chi connectivity index (χ0n) is 9.90. The molecule has 0 fully saturated rings. The van der Waals surface area contributed by atoms with E-state index in [0.717, 1.165) is 12.1 Å². The predicted octanol–water partition coefficient (Wildman–Crippen LogP) is 0.991. The number of hydrogen-bond donors (Lipinski definition) is 3. The minimum Gasteiger partial charge on any atom is -0.504 e. The van der Waals surface area contributed by atoms with E-state index >= 15 is 0 Å². The van der Waals surface area contributed by atoms with Crippen molar-refractivity contribution >= 4 is 24.1 Å². The van der Waals surface area contributed by atoms with Gasteiger partial charge >= 0.3 is 11.7 Å². The van der Waals surface area contributed by atoms with Crippen LogP contribution in [0, 0.1) is 10.1 Å². The molecule has 19 heavy (non-hydrogen) atoms. The molecule has 0 spiro atoms. The predicted molar refractivity (Wildman–Crippen MR) is 67.2 cm³/mol. The van der Waals surface area contributed by atoms with Gasteiger partial charge in [0.05, 0.1) is 18.5 Å². The average molecular weight is 293 g/mol. The summed E-state index contributed by atoms with van der Waals surface area (Å²) in [7, 11) is 1.19. The van der Waals surface area contributed by atoms with Crippen LogP contribution in [0.3, 0.4) is 0 Å². The zero-order chi connectivity index (χ0) is 13.9. The number of ether oxygens (including phenoxy) is 1. The Morgan fingerprint density at radius 2 is 2.11 bits per heavy atom. The molecule has 0 bridgehead atoms. The molecule has 1 rings (SSSR count). The molecule has 9 heteroatoms. The maximum atomic E-state index is 11.0. The standard InChI is InChI=1S/C10H12N2O6.ClH/c1-18-9(14)4-6(11)5-2-7(12(16)17)10(15)8(13)3-5;/h2-3,6,13,15H,4,11H2,1H3;1H/t6-;/m1./s1. The van der Waals surface area contributed by atoms with Gasteiger partial charge < -0.3 is 20.7 Å². The van der Waals surface area contributed by atoms with Crippen LogP contribution in [0.2, 0.25) is 0 Å². The smallest absolute Gasteiger partial charge is 0.314 e. The Hall–Kier alpha value is -2.06. The van der Waals surface area contributed by atoms with Crippen LogP contribution in [0.1, 0.15) is 18.0 Å². The summed E-state index contributed by atoms with van der Waals surface area (Å²) < 4.78 is 4.41. The number of phenols is 2. The number of methoxy groups -OCH3 is 1. The number of carbonyl (C=O) groups is 1. The summed E-state index contributed by atoms with van der Waals surface area (Å²) in [4.78, 5) is 20.8. The van der Waals surface area contributed by atoms with Crippen LogP contribution >= 0.6 is 12.4 Å². The van der Waals surface area contributed by atoms with E-state index in [-0.39, 0.29) is 24.4 Å². The lowest BCUT2D eigenvalue weighted by Crippen LogP contribution is -2.16. The van der Waals surface area contributed by atoms with Gasteiger partial charge in [0.2, 0.25) is 5.75 Å². The summed E-state index contributed by atoms with van der Waals surface area (Å²) >= 11 is 0. The number of benzene rings is 1. The molecule has 1 atom stereocenters. The van der Waals surface area contributed by atoms with Crippen LogP contribution in [0.4, 0.5) is 5.69 Å². The molecule has 0 heterocycles. The molecular formula is C10H13ClN2O6. The number of phenolic OH excluding ortho intramolecular Hbond substituents is 2. The van der Waals surface area contributed by atoms with E-state index in [0.29, 0.717) is 0 Å². The van der Waals surface area contributed by atoms with Crippen molar-refractivity contribution in [3.8, 4) is 11.5 Å². The number of esters is 1. The van der Waals surface area contributed by atoms with E-state index in [1.807, 2.05) is 0 Å². The molecule has 0 aliphatic carbocycles. The second-order valence-electron chi connectivity index (χ2n) is 3.55. The molecule has 0 radical (unpaired) electrons. The van der Waals surface area contributed by atoms with Crippen molar-refractivity contribution in [2.75, 3.05) is 7.11 Å². The van der Waals surface area contributed by atoms with Crippen LogP contribution in [0.15, 0.2) is 12.1 Å². The Morgan fingerprint density at radius 3 is 2.58 bits per heavy atom. The lowest BCUT2D eigenvalue weighted by molar-refractivity contribution is -0.386. The highest BCUT2D eigenvalue weighted by Gasteiger charge is 2.22. The van der Waals surface area contributed by atoms with Gasteiger partial charge in [-0.25, -0.2) is 0 Å². The normalized spacial score (nSPS) is 11.3. The summed E-state index contributed by atoms with van der Waals surface area (Å²) in [6.45, 7) is 0. The Balaban J connectivity index is 0.00000324. The minimum absolute atomic E-state index is 0. The Kier molecular flexibility index (Phi) is 6.03. The van der Waals surface area contributed by atoms with Crippen molar-refractivity contribution in [2.24, 2.45) is 5.73 Å². The molecular weight excluding hydrogens is 280 g/mol. The largest absolute Gasteiger partial charge is 0.504 e. The van der Waals surface area contributed by atoms with Gasteiger partial charge in [-0.15, -0.1) is 12.4 Å². The van der Waals surface area contributed by atoms with E-state index in [1.54, 1.807) is 0 Å². The van der Waals surface area contributed by atoms with Crippen molar-refractivity contribution in [1.82, 2.24) is 0 Å². The van der Waals surface area contributed by atoms with Gasteiger partial charge in [-0.3, -0.25) is 14.9 Å². The van der Waals surface area contributed by atoms with Gasteiger partial charge in [0.15, 0.2) is 5.75 Å². The molecule has 0 saturated heterocycles. The molecule has 0 amide bonds. The van der Waals surface area contributed by atoms with Crippen LogP contribution in [0.25, 0.3) is 0 Å². The summed E-state index contributed by atoms with van der Waals surface area (Å²) in [5.74, 6) is -2.09. The molecule has 1 aromatic carbocycles. The number of nitrogens with zero attached hydrogens (tertiary/aromatic N) is 1. The summed E-state index contributed by atoms with van der Waals surface area (Å²) in [6.07, 6.45) is -0.197. The van der Waals surface area contributed by atoms with E-state index < -0.39 is 34.1 Å². The summed E-state index contributed by atoms with van der Waals surface area (Å²) in [5, 5.41) is 29.3. The SMILES string of the molecule is COC(=O)C[C@@H](N)c1cc(O)c(O)c([N+](=O)[O-])c1.Cl. The lowest BCUT2D eigenvalue weighted by atomic mass is 10.0. The molecule has 1 aromatic rings. The van der Waals surface area contributed by atoms with Crippen LogP contribution in [0.5, 0.6) is 11.5 Å². The monoisotopic (exact) mass is 292 g/mol. The first-order valence-electron chi connectivity index (χ1n) is 4.89. The molecule has 8 nitrogen and oxygen atoms in total. The highest BCUT2D eigenvalue weighted by atomic mass is 35.5. The lowest BCUT2D eigenvalue weighted by Gasteiger charge is -2.11. The fourth-order valence-electron chi connectivity index (χ4n) is 1.36. The molecule has 0 saturated carbocycles. The van der Waals surface area contributed by atoms with Gasteiger partial charge in [0.1, 0.15) is 0 Å². The van der Waals surface area contributed by atoms with Gasteiger partial charge in [0, 0.05) is 12.1 Å². The third kappa shape index (κ3) is 3.97. The van der Waals surface area contributed by atoms with Crippen molar-refractivity contribution in [2.45, 2.75) is 12.5 Å². The van der Waals surface area contributed by atoms with Crippen molar-refractivity contribution in [3.63, 3.8) is 0 Å². The third-order valence-electron chi connectivity index (χ3n) is 2.33. The van der Waals surface area contributed by atoms with Crippen LogP contribution in [-0.2, 0) is 9.53 Å². The highest BCUT2D eigenvalue weighted by molar-refractivity contribution is 5.85. The number of hydrogen-bond acceptors (Lipinski definition) is 7. The first-order chi connectivity index (χ1) is 8.36. The number of nitrogens with two attached hydrogens (primary N) is 1. The Bertz CT molecular complexity index is 493. The van der Waals surface area contributed by atoms with E-state index in [4.69, 9.17) is 5.73 Å². The van der Waals surface area contributed by atoms with Crippen molar-refractivity contribution in [3.05, 3.63) is 27.8 Å². The fraction of sp³-hybridized carbons (Fsp3) is 0.300. The number of rotatable bonds is 4.